The molecule has 0 spiro atoms. The largest absolute Gasteiger partial charge is 0.392 e. The molecule has 0 aliphatic rings. The van der Waals surface area contributed by atoms with Crippen molar-refractivity contribution in [3.63, 3.8) is 0 Å². The van der Waals surface area contributed by atoms with Crippen LogP contribution in [0.1, 0.15) is 21.6 Å². The molecule has 0 fully saturated rings. The Hall–Kier alpha value is -2.92. The van der Waals surface area contributed by atoms with Crippen molar-refractivity contribution >= 4 is 5.91 Å². The van der Waals surface area contributed by atoms with Crippen molar-refractivity contribution < 1.29 is 14.4 Å². The number of nitrogens with zero attached hydrogens (tertiary/aromatic N) is 1. The average Bonchev–Trinajstić information content (AvgIpc) is 3.13. The molecular weight excluding hydrogens is 304 g/mol. The zero-order chi connectivity index (χ0) is 16.8. The first-order valence-corrected chi connectivity index (χ1v) is 7.75. The van der Waals surface area contributed by atoms with Crippen LogP contribution in [0, 0.1) is 0 Å². The van der Waals surface area contributed by atoms with Crippen LogP contribution in [0.4, 0.5) is 0 Å². The van der Waals surface area contributed by atoms with E-state index in [1.54, 1.807) is 6.07 Å². The van der Waals surface area contributed by atoms with E-state index in [1.165, 1.54) is 0 Å². The number of aliphatic hydroxyl groups is 1. The molecule has 0 atom stereocenters. The van der Waals surface area contributed by atoms with Crippen LogP contribution in [-0.4, -0.2) is 22.7 Å². The van der Waals surface area contributed by atoms with Gasteiger partial charge in [-0.2, -0.15) is 0 Å². The minimum atomic E-state index is -0.257. The summed E-state index contributed by atoms with van der Waals surface area (Å²) in [5.74, 6) is 0.313. The van der Waals surface area contributed by atoms with Crippen molar-refractivity contribution in [1.82, 2.24) is 10.5 Å². The van der Waals surface area contributed by atoms with E-state index in [0.29, 0.717) is 18.7 Å². The lowest BCUT2D eigenvalue weighted by molar-refractivity contribution is 0.0945. The number of amides is 1. The normalized spacial score (nSPS) is 10.5. The third-order valence-corrected chi connectivity index (χ3v) is 3.71. The fourth-order valence-electron chi connectivity index (χ4n) is 2.34. The molecule has 0 aliphatic carbocycles. The Morgan fingerprint density at radius 1 is 1.04 bits per heavy atom. The molecular formula is C19H18N2O3. The monoisotopic (exact) mass is 322 g/mol. The number of rotatable bonds is 6. The van der Waals surface area contributed by atoms with E-state index in [4.69, 9.17) is 9.63 Å². The Bertz CT molecular complexity index is 795. The van der Waals surface area contributed by atoms with Gasteiger partial charge in [0.15, 0.2) is 11.5 Å². The van der Waals surface area contributed by atoms with Gasteiger partial charge in [0.05, 0.1) is 6.61 Å². The molecule has 5 nitrogen and oxygen atoms in total. The molecule has 0 saturated carbocycles. The summed E-state index contributed by atoms with van der Waals surface area (Å²) in [6.45, 7) is 0.539. The Kier molecular flexibility index (Phi) is 5.03. The van der Waals surface area contributed by atoms with Crippen molar-refractivity contribution in [3.05, 3.63) is 77.5 Å². The topological polar surface area (TPSA) is 75.4 Å². The van der Waals surface area contributed by atoms with Crippen molar-refractivity contribution in [1.29, 1.82) is 0 Å². The first-order valence-electron chi connectivity index (χ1n) is 7.75. The van der Waals surface area contributed by atoms with Crippen molar-refractivity contribution in [2.45, 2.75) is 13.0 Å². The minimum absolute atomic E-state index is 0.0346. The lowest BCUT2D eigenvalue weighted by Crippen LogP contribution is -2.25. The highest BCUT2D eigenvalue weighted by molar-refractivity contribution is 5.93. The van der Waals surface area contributed by atoms with Crippen molar-refractivity contribution in [2.75, 3.05) is 6.54 Å². The van der Waals surface area contributed by atoms with Gasteiger partial charge in [0.1, 0.15) is 0 Å². The fourth-order valence-corrected chi connectivity index (χ4v) is 2.34. The maximum atomic E-state index is 12.1. The van der Waals surface area contributed by atoms with E-state index in [1.807, 2.05) is 54.6 Å². The Balaban J connectivity index is 1.54. The van der Waals surface area contributed by atoms with Crippen molar-refractivity contribution in [2.24, 2.45) is 0 Å². The second-order valence-corrected chi connectivity index (χ2v) is 5.42. The van der Waals surface area contributed by atoms with Crippen LogP contribution in [0.3, 0.4) is 0 Å². The zero-order valence-electron chi connectivity index (χ0n) is 13.1. The second-order valence-electron chi connectivity index (χ2n) is 5.42. The Labute approximate surface area is 139 Å². The SMILES string of the molecule is O=C(NCCc1ccc(CO)cc1)c1cc(-c2ccccc2)on1. The summed E-state index contributed by atoms with van der Waals surface area (Å²) < 4.78 is 5.23. The molecule has 122 valence electrons. The molecule has 5 heteroatoms. The molecule has 0 radical (unpaired) electrons. The number of hydrogen-bond acceptors (Lipinski definition) is 4. The number of nitrogens with one attached hydrogen (secondary N) is 1. The second kappa shape index (κ2) is 7.57. The van der Waals surface area contributed by atoms with E-state index in [2.05, 4.69) is 10.5 Å². The summed E-state index contributed by atoms with van der Waals surface area (Å²) in [6, 6.07) is 18.8. The highest BCUT2D eigenvalue weighted by atomic mass is 16.5. The van der Waals surface area contributed by atoms with E-state index >= 15 is 0 Å². The Morgan fingerprint density at radius 2 is 1.75 bits per heavy atom. The first kappa shape index (κ1) is 16.0. The van der Waals surface area contributed by atoms with Crippen LogP contribution in [0.5, 0.6) is 0 Å². The standard InChI is InChI=1S/C19H18N2O3/c22-13-15-8-6-14(7-9-15)10-11-20-19(23)17-12-18(24-21-17)16-4-2-1-3-5-16/h1-9,12,22H,10-11,13H2,(H,20,23). The average molecular weight is 322 g/mol. The number of benzene rings is 2. The number of aliphatic hydroxyl groups excluding tert-OH is 1. The lowest BCUT2D eigenvalue weighted by Gasteiger charge is -2.04. The van der Waals surface area contributed by atoms with Gasteiger partial charge in [0, 0.05) is 18.2 Å². The van der Waals surface area contributed by atoms with Gasteiger partial charge in [0.25, 0.3) is 5.91 Å². The number of carbonyl (C=O) groups excluding carboxylic acids is 1. The smallest absolute Gasteiger partial charge is 0.273 e. The third-order valence-electron chi connectivity index (χ3n) is 3.71. The summed E-state index contributed by atoms with van der Waals surface area (Å²) in [4.78, 5) is 12.1. The molecule has 0 saturated heterocycles. The Morgan fingerprint density at radius 3 is 2.46 bits per heavy atom. The van der Waals surface area contributed by atoms with Crippen LogP contribution < -0.4 is 5.32 Å². The summed E-state index contributed by atoms with van der Waals surface area (Å²) in [6.07, 6.45) is 0.709. The molecule has 24 heavy (non-hydrogen) atoms. The molecule has 2 aromatic carbocycles. The molecule has 0 aliphatic heterocycles. The van der Waals surface area contributed by atoms with Gasteiger partial charge in [-0.15, -0.1) is 0 Å². The van der Waals surface area contributed by atoms with Gasteiger partial charge < -0.3 is 14.9 Å². The molecule has 2 N–H and O–H groups in total. The molecule has 0 unspecified atom stereocenters. The van der Waals surface area contributed by atoms with E-state index in [0.717, 1.165) is 16.7 Å². The summed E-state index contributed by atoms with van der Waals surface area (Å²) >= 11 is 0. The lowest BCUT2D eigenvalue weighted by atomic mass is 10.1. The van der Waals surface area contributed by atoms with E-state index < -0.39 is 0 Å². The van der Waals surface area contributed by atoms with Gasteiger partial charge in [0.2, 0.25) is 0 Å². The zero-order valence-corrected chi connectivity index (χ0v) is 13.1. The minimum Gasteiger partial charge on any atom is -0.392 e. The molecule has 0 bridgehead atoms. The van der Waals surface area contributed by atoms with Gasteiger partial charge >= 0.3 is 0 Å². The maximum Gasteiger partial charge on any atom is 0.273 e. The molecule has 3 rings (SSSR count). The van der Waals surface area contributed by atoms with Crippen LogP contribution in [0.2, 0.25) is 0 Å². The highest BCUT2D eigenvalue weighted by Crippen LogP contribution is 2.19. The van der Waals surface area contributed by atoms with E-state index in [-0.39, 0.29) is 18.2 Å². The van der Waals surface area contributed by atoms with Gasteiger partial charge in [-0.1, -0.05) is 59.8 Å². The molecule has 3 aromatic rings. The summed E-state index contributed by atoms with van der Waals surface area (Å²) in [7, 11) is 0. The first-order chi connectivity index (χ1) is 11.8. The fraction of sp³-hybridized carbons (Fsp3) is 0.158. The van der Waals surface area contributed by atoms with Crippen molar-refractivity contribution in [3.8, 4) is 11.3 Å². The molecule has 1 heterocycles. The predicted molar refractivity (Wildman–Crippen MR) is 90.3 cm³/mol. The maximum absolute atomic E-state index is 12.1. The predicted octanol–water partition coefficient (Wildman–Crippen LogP) is 2.81. The van der Waals surface area contributed by atoms with Crippen LogP contribution >= 0.6 is 0 Å². The van der Waals surface area contributed by atoms with Crippen LogP contribution in [-0.2, 0) is 13.0 Å². The quantitative estimate of drug-likeness (QED) is 0.732. The molecule has 1 amide bonds. The highest BCUT2D eigenvalue weighted by Gasteiger charge is 2.13. The summed E-state index contributed by atoms with van der Waals surface area (Å²) in [5, 5.41) is 15.7. The third kappa shape index (κ3) is 3.88. The number of aromatic nitrogens is 1. The van der Waals surface area contributed by atoms with E-state index in [9.17, 15) is 4.79 Å². The van der Waals surface area contributed by atoms with Crippen LogP contribution in [0.25, 0.3) is 11.3 Å². The molecule has 1 aromatic heterocycles. The van der Waals surface area contributed by atoms with Gasteiger partial charge in [-0.25, -0.2) is 0 Å². The van der Waals surface area contributed by atoms with Crippen LogP contribution in [0.15, 0.2) is 65.2 Å². The number of hydrogen-bond donors (Lipinski definition) is 2. The van der Waals surface area contributed by atoms with Gasteiger partial charge in [-0.3, -0.25) is 4.79 Å². The summed E-state index contributed by atoms with van der Waals surface area (Å²) in [5.41, 5.74) is 3.12. The van der Waals surface area contributed by atoms with Gasteiger partial charge in [-0.05, 0) is 17.5 Å². The number of carbonyl (C=O) groups is 1.